The number of hydrogen-bond donors (Lipinski definition) is 0. The van der Waals surface area contributed by atoms with Crippen molar-refractivity contribution in [2.24, 2.45) is 5.92 Å². The summed E-state index contributed by atoms with van der Waals surface area (Å²) in [4.78, 5) is 13.9. The van der Waals surface area contributed by atoms with Crippen LogP contribution >= 0.6 is 0 Å². The summed E-state index contributed by atoms with van der Waals surface area (Å²) in [5, 5.41) is 0. The molecular formula is C14H25NO2. The summed E-state index contributed by atoms with van der Waals surface area (Å²) in [6, 6.07) is 0.214. The van der Waals surface area contributed by atoms with E-state index < -0.39 is 0 Å². The van der Waals surface area contributed by atoms with Crippen LogP contribution in [0, 0.1) is 5.92 Å². The van der Waals surface area contributed by atoms with Crippen molar-refractivity contribution in [3.05, 3.63) is 0 Å². The molecule has 2 atom stereocenters. The lowest BCUT2D eigenvalue weighted by Gasteiger charge is -2.35. The van der Waals surface area contributed by atoms with Crippen molar-refractivity contribution in [2.45, 2.75) is 77.5 Å². The maximum atomic E-state index is 12.0. The lowest BCUT2D eigenvalue weighted by molar-refractivity contribution is 0.0760. The molecule has 1 aliphatic carbocycles. The number of nitrogens with zero attached hydrogens (tertiary/aromatic N) is 1. The zero-order valence-electron chi connectivity index (χ0n) is 11.5. The molecule has 0 aromatic carbocycles. The van der Waals surface area contributed by atoms with Gasteiger partial charge in [-0.25, -0.2) is 4.79 Å². The van der Waals surface area contributed by atoms with E-state index in [1.165, 1.54) is 32.1 Å². The minimum Gasteiger partial charge on any atom is -0.444 e. The van der Waals surface area contributed by atoms with Crippen LogP contribution in [0.5, 0.6) is 0 Å². The topological polar surface area (TPSA) is 29.5 Å². The van der Waals surface area contributed by atoms with Crippen molar-refractivity contribution >= 4 is 6.09 Å². The molecule has 0 spiro atoms. The Morgan fingerprint density at radius 2 is 1.76 bits per heavy atom. The number of rotatable bonds is 1. The van der Waals surface area contributed by atoms with E-state index >= 15 is 0 Å². The molecule has 0 aromatic rings. The van der Waals surface area contributed by atoms with E-state index in [9.17, 15) is 4.79 Å². The van der Waals surface area contributed by atoms with Crippen molar-refractivity contribution < 1.29 is 9.53 Å². The molecule has 1 aliphatic heterocycles. The molecule has 3 heteroatoms. The van der Waals surface area contributed by atoms with E-state index in [0.717, 1.165) is 0 Å². The summed E-state index contributed by atoms with van der Waals surface area (Å²) in [6.07, 6.45) is 6.36. The first-order valence-corrected chi connectivity index (χ1v) is 6.91. The Kier molecular flexibility index (Phi) is 3.37. The van der Waals surface area contributed by atoms with E-state index in [1.807, 2.05) is 4.90 Å². The fraction of sp³-hybridized carbons (Fsp3) is 0.929. The van der Waals surface area contributed by atoms with Gasteiger partial charge in [-0.05, 0) is 46.5 Å². The zero-order chi connectivity index (χ0) is 12.6. The zero-order valence-corrected chi connectivity index (χ0v) is 11.5. The monoisotopic (exact) mass is 239 g/mol. The average Bonchev–Trinajstić information content (AvgIpc) is 2.54. The molecule has 0 unspecified atom stereocenters. The van der Waals surface area contributed by atoms with Gasteiger partial charge in [-0.2, -0.15) is 0 Å². The Bertz CT molecular complexity index is 289. The third-order valence-corrected chi connectivity index (χ3v) is 4.15. The van der Waals surface area contributed by atoms with Gasteiger partial charge in [0, 0.05) is 5.54 Å². The fourth-order valence-electron chi connectivity index (χ4n) is 3.42. The first-order chi connectivity index (χ1) is 7.91. The first-order valence-electron chi connectivity index (χ1n) is 6.91. The third kappa shape index (κ3) is 2.43. The molecule has 1 saturated carbocycles. The van der Waals surface area contributed by atoms with Gasteiger partial charge >= 0.3 is 6.09 Å². The van der Waals surface area contributed by atoms with Gasteiger partial charge in [0.1, 0.15) is 6.10 Å². The summed E-state index contributed by atoms with van der Waals surface area (Å²) in [7, 11) is 0. The Balaban J connectivity index is 2.09. The molecule has 3 nitrogen and oxygen atoms in total. The highest BCUT2D eigenvalue weighted by atomic mass is 16.6. The number of hydrogen-bond acceptors (Lipinski definition) is 2. The van der Waals surface area contributed by atoms with Gasteiger partial charge in [-0.3, -0.25) is 4.90 Å². The van der Waals surface area contributed by atoms with E-state index in [1.54, 1.807) is 0 Å². The second-order valence-corrected chi connectivity index (χ2v) is 6.53. The molecule has 17 heavy (non-hydrogen) atoms. The van der Waals surface area contributed by atoms with E-state index in [4.69, 9.17) is 4.74 Å². The van der Waals surface area contributed by atoms with Crippen LogP contribution in [0.3, 0.4) is 0 Å². The van der Waals surface area contributed by atoms with Gasteiger partial charge in [0.25, 0.3) is 0 Å². The summed E-state index contributed by atoms with van der Waals surface area (Å²) in [5.74, 6) is 0.579. The van der Waals surface area contributed by atoms with E-state index in [-0.39, 0.29) is 23.8 Å². The molecule has 0 radical (unpaired) electrons. The van der Waals surface area contributed by atoms with Crippen LogP contribution in [0.25, 0.3) is 0 Å². The van der Waals surface area contributed by atoms with Crippen LogP contribution in [0.4, 0.5) is 4.79 Å². The van der Waals surface area contributed by atoms with E-state index in [0.29, 0.717) is 5.92 Å². The number of amides is 1. The van der Waals surface area contributed by atoms with Gasteiger partial charge in [0.05, 0.1) is 6.04 Å². The summed E-state index contributed by atoms with van der Waals surface area (Å²) < 4.78 is 5.64. The van der Waals surface area contributed by atoms with Crippen molar-refractivity contribution in [3.8, 4) is 0 Å². The SMILES string of the molecule is C[C@H]1[C@@H](C2CCCCC2)OC(=O)N1C(C)(C)C. The number of carbonyl (C=O) groups excluding carboxylic acids is 1. The second-order valence-electron chi connectivity index (χ2n) is 6.53. The fourth-order valence-corrected chi connectivity index (χ4v) is 3.42. The predicted molar refractivity (Wildman–Crippen MR) is 67.9 cm³/mol. The highest BCUT2D eigenvalue weighted by Gasteiger charge is 2.47. The summed E-state index contributed by atoms with van der Waals surface area (Å²) >= 11 is 0. The smallest absolute Gasteiger partial charge is 0.410 e. The minimum absolute atomic E-state index is 0.113. The van der Waals surface area contributed by atoms with Crippen LogP contribution in [-0.4, -0.2) is 28.7 Å². The van der Waals surface area contributed by atoms with Gasteiger partial charge in [0.2, 0.25) is 0 Å². The van der Waals surface area contributed by atoms with Crippen molar-refractivity contribution in [1.82, 2.24) is 4.90 Å². The molecule has 1 heterocycles. The highest BCUT2D eigenvalue weighted by molar-refractivity contribution is 5.71. The van der Waals surface area contributed by atoms with Crippen LogP contribution in [0.1, 0.15) is 59.8 Å². The normalized spacial score (nSPS) is 31.8. The number of carbonyl (C=O) groups is 1. The van der Waals surface area contributed by atoms with Crippen molar-refractivity contribution in [3.63, 3.8) is 0 Å². The Morgan fingerprint density at radius 1 is 1.18 bits per heavy atom. The quantitative estimate of drug-likeness (QED) is 0.700. The first kappa shape index (κ1) is 12.7. The van der Waals surface area contributed by atoms with Crippen molar-refractivity contribution in [2.75, 3.05) is 0 Å². The average molecular weight is 239 g/mol. The molecule has 98 valence electrons. The van der Waals surface area contributed by atoms with Gasteiger partial charge in [-0.1, -0.05) is 19.3 Å². The number of ether oxygens (including phenoxy) is 1. The third-order valence-electron chi connectivity index (χ3n) is 4.15. The van der Waals surface area contributed by atoms with Gasteiger partial charge in [0.15, 0.2) is 0 Å². The maximum Gasteiger partial charge on any atom is 0.410 e. The van der Waals surface area contributed by atoms with Gasteiger partial charge in [-0.15, -0.1) is 0 Å². The Labute approximate surface area is 105 Å². The maximum absolute atomic E-state index is 12.0. The largest absolute Gasteiger partial charge is 0.444 e. The molecule has 2 fully saturated rings. The van der Waals surface area contributed by atoms with E-state index in [2.05, 4.69) is 27.7 Å². The molecule has 0 aromatic heterocycles. The Hall–Kier alpha value is -0.730. The molecule has 1 amide bonds. The summed E-state index contributed by atoms with van der Waals surface area (Å²) in [6.45, 7) is 8.37. The predicted octanol–water partition coefficient (Wildman–Crippen LogP) is 3.57. The van der Waals surface area contributed by atoms with Crippen molar-refractivity contribution in [1.29, 1.82) is 0 Å². The molecule has 2 rings (SSSR count). The van der Waals surface area contributed by atoms with Crippen LogP contribution < -0.4 is 0 Å². The molecule has 1 saturated heterocycles. The van der Waals surface area contributed by atoms with Gasteiger partial charge < -0.3 is 4.74 Å². The molecule has 2 aliphatic rings. The van der Waals surface area contributed by atoms with Crippen LogP contribution in [0.2, 0.25) is 0 Å². The van der Waals surface area contributed by atoms with Crippen LogP contribution in [0.15, 0.2) is 0 Å². The molecule has 0 bridgehead atoms. The molecular weight excluding hydrogens is 214 g/mol. The minimum atomic E-state index is -0.139. The Morgan fingerprint density at radius 3 is 2.24 bits per heavy atom. The van der Waals surface area contributed by atoms with Crippen LogP contribution in [-0.2, 0) is 4.74 Å². The lowest BCUT2D eigenvalue weighted by Crippen LogP contribution is -2.48. The standard InChI is InChI=1S/C14H25NO2/c1-10-12(11-8-6-5-7-9-11)17-13(16)15(10)14(2,3)4/h10-12H,5-9H2,1-4H3/t10-,12-/m0/s1. The molecule has 0 N–H and O–H groups in total. The highest BCUT2D eigenvalue weighted by Crippen LogP contribution is 2.37. The number of cyclic esters (lactones) is 1. The summed E-state index contributed by atoms with van der Waals surface area (Å²) in [5.41, 5.74) is -0.139. The lowest BCUT2D eigenvalue weighted by atomic mass is 9.82. The second kappa shape index (κ2) is 4.51.